The molecule has 1 atom stereocenters. The first-order valence-corrected chi connectivity index (χ1v) is 9.42. The van der Waals surface area contributed by atoms with E-state index < -0.39 is 0 Å². The van der Waals surface area contributed by atoms with Crippen LogP contribution in [0, 0.1) is 12.8 Å². The molecule has 0 radical (unpaired) electrons. The number of rotatable bonds is 4. The summed E-state index contributed by atoms with van der Waals surface area (Å²) in [5.41, 5.74) is 0.833. The smallest absolute Gasteiger partial charge is 0.248 e. The van der Waals surface area contributed by atoms with Crippen LogP contribution in [0.3, 0.4) is 0 Å². The molecule has 1 aromatic heterocycles. The van der Waals surface area contributed by atoms with Gasteiger partial charge in [0.2, 0.25) is 11.8 Å². The number of nitrogens with one attached hydrogen (secondary N) is 1. The van der Waals surface area contributed by atoms with E-state index in [-0.39, 0.29) is 29.7 Å². The Kier molecular flexibility index (Phi) is 5.35. The molecule has 136 valence electrons. The number of nitrogens with zero attached hydrogens (tertiary/aromatic N) is 3. The van der Waals surface area contributed by atoms with Gasteiger partial charge in [0.05, 0.1) is 0 Å². The fourth-order valence-corrected chi connectivity index (χ4v) is 3.83. The van der Waals surface area contributed by atoms with Crippen LogP contribution < -0.4 is 5.32 Å². The first-order valence-electron chi connectivity index (χ1n) is 9.42. The summed E-state index contributed by atoms with van der Waals surface area (Å²) in [4.78, 5) is 36.2. The summed E-state index contributed by atoms with van der Waals surface area (Å²) in [6.07, 6.45) is 5.79. The number of amides is 2. The molecule has 0 aromatic carbocycles. The van der Waals surface area contributed by atoms with Crippen molar-refractivity contribution in [1.82, 2.24) is 14.9 Å². The highest BCUT2D eigenvalue weighted by Crippen LogP contribution is 2.30. The molecule has 2 amide bonds. The number of hydrogen-bond donors (Lipinski definition) is 1. The minimum absolute atomic E-state index is 0.113. The van der Waals surface area contributed by atoms with Crippen LogP contribution in [0.15, 0.2) is 6.07 Å². The Morgan fingerprint density at radius 2 is 1.88 bits per heavy atom. The van der Waals surface area contributed by atoms with Crippen molar-refractivity contribution in [3.63, 3.8) is 0 Å². The average Bonchev–Trinajstić information content (AvgIpc) is 3.25. The molecule has 6 nitrogen and oxygen atoms in total. The number of hydrogen-bond acceptors (Lipinski definition) is 4. The van der Waals surface area contributed by atoms with Crippen LogP contribution in [0.2, 0.25) is 0 Å². The molecule has 0 spiro atoms. The minimum Gasteiger partial charge on any atom is -0.330 e. The van der Waals surface area contributed by atoms with Crippen molar-refractivity contribution in [2.75, 3.05) is 11.9 Å². The topological polar surface area (TPSA) is 75.2 Å². The molecule has 1 N–H and O–H groups in total. The molecular formula is C19H28N4O2. The van der Waals surface area contributed by atoms with Gasteiger partial charge in [0, 0.05) is 30.1 Å². The second-order valence-corrected chi connectivity index (χ2v) is 7.57. The Bertz CT molecular complexity index is 653. The quantitative estimate of drug-likeness (QED) is 0.911. The van der Waals surface area contributed by atoms with Gasteiger partial charge in [0.15, 0.2) is 0 Å². The second-order valence-electron chi connectivity index (χ2n) is 7.57. The van der Waals surface area contributed by atoms with Crippen LogP contribution >= 0.6 is 0 Å². The third-order valence-electron chi connectivity index (χ3n) is 5.18. The number of aromatic nitrogens is 2. The van der Waals surface area contributed by atoms with Gasteiger partial charge < -0.3 is 10.2 Å². The second kappa shape index (κ2) is 7.50. The van der Waals surface area contributed by atoms with Gasteiger partial charge in [-0.05, 0) is 32.6 Å². The molecule has 0 unspecified atom stereocenters. The molecule has 2 fully saturated rings. The van der Waals surface area contributed by atoms with Crippen molar-refractivity contribution in [3.05, 3.63) is 17.6 Å². The molecular weight excluding hydrogens is 316 g/mol. The Hall–Kier alpha value is -1.98. The van der Waals surface area contributed by atoms with Crippen molar-refractivity contribution in [1.29, 1.82) is 0 Å². The Morgan fingerprint density at radius 3 is 2.56 bits per heavy atom. The third-order valence-corrected chi connectivity index (χ3v) is 5.18. The molecule has 2 heterocycles. The Morgan fingerprint density at radius 1 is 1.16 bits per heavy atom. The van der Waals surface area contributed by atoms with Gasteiger partial charge in [-0.3, -0.25) is 9.59 Å². The molecule has 1 aliphatic carbocycles. The number of carbonyl (C=O) groups excluding carboxylic acids is 2. The van der Waals surface area contributed by atoms with Gasteiger partial charge in [0.25, 0.3) is 0 Å². The van der Waals surface area contributed by atoms with E-state index in [1.54, 1.807) is 11.0 Å². The molecule has 25 heavy (non-hydrogen) atoms. The SMILES string of the molecule is Cc1cc(NC(=O)[C@H]2CCCN2C(=O)C2CCCC2)nc(C(C)C)n1. The fourth-order valence-electron chi connectivity index (χ4n) is 3.83. The molecule has 1 saturated heterocycles. The molecule has 2 aliphatic rings. The molecule has 1 aromatic rings. The van der Waals surface area contributed by atoms with Crippen molar-refractivity contribution < 1.29 is 9.59 Å². The van der Waals surface area contributed by atoms with Gasteiger partial charge in [-0.1, -0.05) is 26.7 Å². The van der Waals surface area contributed by atoms with Gasteiger partial charge in [-0.25, -0.2) is 9.97 Å². The normalized spacial score (nSPS) is 21.1. The molecule has 3 rings (SSSR count). The van der Waals surface area contributed by atoms with Crippen molar-refractivity contribution in [3.8, 4) is 0 Å². The van der Waals surface area contributed by atoms with E-state index in [2.05, 4.69) is 15.3 Å². The fraction of sp³-hybridized carbons (Fsp3) is 0.684. The van der Waals surface area contributed by atoms with E-state index in [0.717, 1.165) is 50.0 Å². The summed E-state index contributed by atoms with van der Waals surface area (Å²) in [6.45, 7) is 6.64. The van der Waals surface area contributed by atoms with Gasteiger partial charge in [-0.15, -0.1) is 0 Å². The number of likely N-dealkylation sites (tertiary alicyclic amines) is 1. The number of carbonyl (C=O) groups is 2. The van der Waals surface area contributed by atoms with Crippen LogP contribution in [0.5, 0.6) is 0 Å². The third kappa shape index (κ3) is 3.99. The Labute approximate surface area is 149 Å². The maximum absolute atomic E-state index is 12.8. The van der Waals surface area contributed by atoms with E-state index in [1.165, 1.54) is 0 Å². The van der Waals surface area contributed by atoms with E-state index in [4.69, 9.17) is 0 Å². The van der Waals surface area contributed by atoms with E-state index >= 15 is 0 Å². The lowest BCUT2D eigenvalue weighted by Crippen LogP contribution is -2.45. The summed E-state index contributed by atoms with van der Waals surface area (Å²) in [6, 6.07) is 1.41. The molecule has 1 aliphatic heterocycles. The summed E-state index contributed by atoms with van der Waals surface area (Å²) in [5.74, 6) is 1.60. The lowest BCUT2D eigenvalue weighted by Gasteiger charge is -2.26. The number of aryl methyl sites for hydroxylation is 1. The lowest BCUT2D eigenvalue weighted by atomic mass is 10.1. The monoisotopic (exact) mass is 344 g/mol. The van der Waals surface area contributed by atoms with Crippen LogP contribution in [0.4, 0.5) is 5.82 Å². The lowest BCUT2D eigenvalue weighted by molar-refractivity contribution is -0.140. The van der Waals surface area contributed by atoms with E-state index in [0.29, 0.717) is 12.4 Å². The first-order chi connectivity index (χ1) is 12.0. The first kappa shape index (κ1) is 17.8. The molecule has 6 heteroatoms. The standard InChI is InChI=1S/C19H28N4O2/c1-12(2)17-20-13(3)11-16(21-17)22-18(24)15-9-6-10-23(15)19(25)14-7-4-5-8-14/h11-12,14-15H,4-10H2,1-3H3,(H,20,21,22,24)/t15-/m1/s1. The zero-order valence-corrected chi connectivity index (χ0v) is 15.4. The van der Waals surface area contributed by atoms with Gasteiger partial charge >= 0.3 is 0 Å². The summed E-state index contributed by atoms with van der Waals surface area (Å²) in [7, 11) is 0. The Balaban J connectivity index is 1.70. The number of anilines is 1. The van der Waals surface area contributed by atoms with Gasteiger partial charge in [-0.2, -0.15) is 0 Å². The van der Waals surface area contributed by atoms with Crippen molar-refractivity contribution in [2.45, 2.75) is 71.3 Å². The maximum atomic E-state index is 12.8. The van der Waals surface area contributed by atoms with Crippen LogP contribution in [-0.2, 0) is 9.59 Å². The summed E-state index contributed by atoms with van der Waals surface area (Å²) < 4.78 is 0. The van der Waals surface area contributed by atoms with E-state index in [1.807, 2.05) is 20.8 Å². The van der Waals surface area contributed by atoms with Crippen LogP contribution in [-0.4, -0.2) is 39.3 Å². The van der Waals surface area contributed by atoms with E-state index in [9.17, 15) is 9.59 Å². The predicted molar refractivity (Wildman–Crippen MR) is 96.2 cm³/mol. The zero-order valence-electron chi connectivity index (χ0n) is 15.4. The largest absolute Gasteiger partial charge is 0.330 e. The summed E-state index contributed by atoms with van der Waals surface area (Å²) >= 11 is 0. The van der Waals surface area contributed by atoms with Gasteiger partial charge in [0.1, 0.15) is 17.7 Å². The highest BCUT2D eigenvalue weighted by molar-refractivity contribution is 5.97. The van der Waals surface area contributed by atoms with Crippen LogP contribution in [0.1, 0.15) is 69.8 Å². The molecule has 1 saturated carbocycles. The molecule has 0 bridgehead atoms. The average molecular weight is 344 g/mol. The van der Waals surface area contributed by atoms with Crippen molar-refractivity contribution >= 4 is 17.6 Å². The highest BCUT2D eigenvalue weighted by atomic mass is 16.2. The summed E-state index contributed by atoms with van der Waals surface area (Å²) in [5, 5.41) is 2.91. The van der Waals surface area contributed by atoms with Crippen LogP contribution in [0.25, 0.3) is 0 Å². The maximum Gasteiger partial charge on any atom is 0.248 e. The van der Waals surface area contributed by atoms with Crippen molar-refractivity contribution in [2.24, 2.45) is 5.92 Å². The highest BCUT2D eigenvalue weighted by Gasteiger charge is 2.37. The minimum atomic E-state index is -0.370. The predicted octanol–water partition coefficient (Wildman–Crippen LogP) is 3.03. The zero-order chi connectivity index (χ0) is 18.0.